The summed E-state index contributed by atoms with van der Waals surface area (Å²) in [5.74, 6) is 0.107. The van der Waals surface area contributed by atoms with Crippen LogP contribution in [0.5, 0.6) is 0 Å². The van der Waals surface area contributed by atoms with Crippen LogP contribution < -0.4 is 0 Å². The van der Waals surface area contributed by atoms with E-state index < -0.39 is 0 Å². The molecule has 0 saturated heterocycles. The van der Waals surface area contributed by atoms with Gasteiger partial charge < -0.3 is 0 Å². The molecular formula is C22H24O. The van der Waals surface area contributed by atoms with Gasteiger partial charge in [-0.2, -0.15) is 0 Å². The van der Waals surface area contributed by atoms with Gasteiger partial charge in [0.1, 0.15) is 0 Å². The Morgan fingerprint density at radius 3 is 2.26 bits per heavy atom. The van der Waals surface area contributed by atoms with Crippen LogP contribution in [0.25, 0.3) is 12.2 Å². The van der Waals surface area contributed by atoms with Crippen molar-refractivity contribution in [3.8, 4) is 0 Å². The second kappa shape index (κ2) is 8.89. The van der Waals surface area contributed by atoms with Gasteiger partial charge in [-0.3, -0.25) is 4.79 Å². The highest BCUT2D eigenvalue weighted by Gasteiger charge is 1.99. The molecule has 118 valence electrons. The summed E-state index contributed by atoms with van der Waals surface area (Å²) in [5, 5.41) is 0. The third-order valence-electron chi connectivity index (χ3n) is 3.78. The molecule has 0 unspecified atom stereocenters. The second-order valence-corrected chi connectivity index (χ2v) is 5.75. The fourth-order valence-electron chi connectivity index (χ4n) is 2.38. The van der Waals surface area contributed by atoms with Crippen LogP contribution in [0.15, 0.2) is 66.2 Å². The summed E-state index contributed by atoms with van der Waals surface area (Å²) in [6, 6.07) is 18.2. The molecule has 0 amide bonds. The zero-order valence-electron chi connectivity index (χ0n) is 14.0. The van der Waals surface area contributed by atoms with E-state index >= 15 is 0 Å². The third-order valence-corrected chi connectivity index (χ3v) is 3.78. The van der Waals surface area contributed by atoms with Crippen molar-refractivity contribution in [1.29, 1.82) is 0 Å². The normalized spacial score (nSPS) is 11.8. The highest BCUT2D eigenvalue weighted by molar-refractivity contribution is 5.94. The van der Waals surface area contributed by atoms with Crippen molar-refractivity contribution in [1.82, 2.24) is 0 Å². The number of carbonyl (C=O) groups is 1. The Hall–Kier alpha value is -2.41. The molecule has 0 heterocycles. The van der Waals surface area contributed by atoms with Gasteiger partial charge in [0.15, 0.2) is 5.78 Å². The number of rotatable bonds is 7. The summed E-state index contributed by atoms with van der Waals surface area (Å²) in [4.78, 5) is 11.4. The van der Waals surface area contributed by atoms with Crippen LogP contribution in [-0.2, 0) is 0 Å². The Bertz CT molecular complexity index is 676. The van der Waals surface area contributed by atoms with Crippen LogP contribution in [0.4, 0.5) is 0 Å². The van der Waals surface area contributed by atoms with Gasteiger partial charge in [-0.25, -0.2) is 0 Å². The standard InChI is InChI=1S/C22H24O/c1-3-4-8-20(12-11-19-9-6-5-7-10-19)17-21-13-15-22(16-14-21)18(2)23/h5-7,9-17H,3-4,8H2,1-2H3/b12-11+,20-17+. The highest BCUT2D eigenvalue weighted by Crippen LogP contribution is 2.17. The molecule has 0 aliphatic carbocycles. The van der Waals surface area contributed by atoms with Gasteiger partial charge in [0.25, 0.3) is 0 Å². The topological polar surface area (TPSA) is 17.1 Å². The minimum Gasteiger partial charge on any atom is -0.295 e. The largest absolute Gasteiger partial charge is 0.295 e. The summed E-state index contributed by atoms with van der Waals surface area (Å²) >= 11 is 0. The van der Waals surface area contributed by atoms with Gasteiger partial charge in [0.2, 0.25) is 0 Å². The minimum absolute atomic E-state index is 0.107. The lowest BCUT2D eigenvalue weighted by atomic mass is 10.0. The molecular weight excluding hydrogens is 280 g/mol. The van der Waals surface area contributed by atoms with Gasteiger partial charge in [-0.15, -0.1) is 0 Å². The summed E-state index contributed by atoms with van der Waals surface area (Å²) in [6.45, 7) is 3.81. The fraction of sp³-hybridized carbons (Fsp3) is 0.227. The van der Waals surface area contributed by atoms with Gasteiger partial charge in [-0.1, -0.05) is 86.2 Å². The summed E-state index contributed by atoms with van der Waals surface area (Å²) in [5.41, 5.74) is 4.42. The molecule has 0 fully saturated rings. The lowest BCUT2D eigenvalue weighted by Gasteiger charge is -2.03. The number of hydrogen-bond acceptors (Lipinski definition) is 1. The Labute approximate surface area is 139 Å². The lowest BCUT2D eigenvalue weighted by molar-refractivity contribution is 0.101. The smallest absolute Gasteiger partial charge is 0.159 e. The molecule has 1 heteroatoms. The van der Waals surface area contributed by atoms with Gasteiger partial charge in [0.05, 0.1) is 0 Å². The van der Waals surface area contributed by atoms with E-state index in [1.165, 1.54) is 24.0 Å². The van der Waals surface area contributed by atoms with E-state index in [9.17, 15) is 4.79 Å². The molecule has 0 N–H and O–H groups in total. The zero-order valence-corrected chi connectivity index (χ0v) is 14.0. The van der Waals surface area contributed by atoms with Crippen molar-refractivity contribution >= 4 is 17.9 Å². The third kappa shape index (κ3) is 5.71. The molecule has 23 heavy (non-hydrogen) atoms. The predicted molar refractivity (Wildman–Crippen MR) is 99.4 cm³/mol. The van der Waals surface area contributed by atoms with Crippen LogP contribution in [0.3, 0.4) is 0 Å². The zero-order chi connectivity index (χ0) is 16.5. The quantitative estimate of drug-likeness (QED) is 0.441. The van der Waals surface area contributed by atoms with E-state index in [2.05, 4.69) is 49.4 Å². The number of ketones is 1. The van der Waals surface area contributed by atoms with Crippen LogP contribution in [0.1, 0.15) is 54.6 Å². The maximum absolute atomic E-state index is 11.4. The number of carbonyl (C=O) groups excluding carboxylic acids is 1. The molecule has 0 aromatic heterocycles. The monoisotopic (exact) mass is 304 g/mol. The van der Waals surface area contributed by atoms with Crippen LogP contribution in [0.2, 0.25) is 0 Å². The van der Waals surface area contributed by atoms with Crippen molar-refractivity contribution in [2.75, 3.05) is 0 Å². The van der Waals surface area contributed by atoms with E-state index in [1.54, 1.807) is 6.92 Å². The van der Waals surface area contributed by atoms with Crippen LogP contribution in [0, 0.1) is 0 Å². The van der Waals surface area contributed by atoms with Gasteiger partial charge in [0, 0.05) is 5.56 Å². The van der Waals surface area contributed by atoms with E-state index in [0.29, 0.717) is 0 Å². The molecule has 0 spiro atoms. The first-order valence-electron chi connectivity index (χ1n) is 8.23. The lowest BCUT2D eigenvalue weighted by Crippen LogP contribution is -1.90. The fourth-order valence-corrected chi connectivity index (χ4v) is 2.38. The van der Waals surface area contributed by atoms with E-state index in [-0.39, 0.29) is 5.78 Å². The van der Waals surface area contributed by atoms with Crippen molar-refractivity contribution in [3.05, 3.63) is 82.9 Å². The van der Waals surface area contributed by atoms with Crippen molar-refractivity contribution in [2.24, 2.45) is 0 Å². The molecule has 2 aromatic carbocycles. The number of hydrogen-bond donors (Lipinski definition) is 0. The number of allylic oxidation sites excluding steroid dienone is 2. The van der Waals surface area contributed by atoms with Gasteiger partial charge in [-0.05, 0) is 36.5 Å². The Kier molecular flexibility index (Phi) is 6.56. The van der Waals surface area contributed by atoms with Crippen molar-refractivity contribution in [3.63, 3.8) is 0 Å². The first-order chi connectivity index (χ1) is 11.2. The van der Waals surface area contributed by atoms with E-state index in [0.717, 1.165) is 17.5 Å². The SMILES string of the molecule is CCCCC(/C=C/c1ccccc1)=C\c1ccc(C(C)=O)cc1. The molecule has 0 saturated carbocycles. The maximum Gasteiger partial charge on any atom is 0.159 e. The van der Waals surface area contributed by atoms with Crippen LogP contribution >= 0.6 is 0 Å². The minimum atomic E-state index is 0.107. The molecule has 0 aliphatic heterocycles. The molecule has 1 nitrogen and oxygen atoms in total. The molecule has 0 radical (unpaired) electrons. The Balaban J connectivity index is 2.19. The average molecular weight is 304 g/mol. The first-order valence-corrected chi connectivity index (χ1v) is 8.23. The maximum atomic E-state index is 11.4. The predicted octanol–water partition coefficient (Wildman–Crippen LogP) is 6.18. The molecule has 0 bridgehead atoms. The molecule has 0 atom stereocenters. The van der Waals surface area contributed by atoms with Gasteiger partial charge >= 0.3 is 0 Å². The number of unbranched alkanes of at least 4 members (excludes halogenated alkanes) is 1. The van der Waals surface area contributed by atoms with Crippen LogP contribution in [-0.4, -0.2) is 5.78 Å². The molecule has 0 aliphatic rings. The highest BCUT2D eigenvalue weighted by atomic mass is 16.1. The second-order valence-electron chi connectivity index (χ2n) is 5.75. The Morgan fingerprint density at radius 1 is 0.957 bits per heavy atom. The number of Topliss-reactive ketones (excluding diaryl/α,β-unsaturated/α-hetero) is 1. The first kappa shape index (κ1) is 17.0. The summed E-state index contributed by atoms with van der Waals surface area (Å²) in [7, 11) is 0. The number of benzene rings is 2. The van der Waals surface area contributed by atoms with Crippen molar-refractivity contribution < 1.29 is 4.79 Å². The Morgan fingerprint density at radius 2 is 1.65 bits per heavy atom. The molecule has 2 rings (SSSR count). The summed E-state index contributed by atoms with van der Waals surface area (Å²) in [6.07, 6.45) is 9.99. The molecule has 2 aromatic rings. The van der Waals surface area contributed by atoms with Crippen molar-refractivity contribution in [2.45, 2.75) is 33.1 Å². The average Bonchev–Trinajstić information content (AvgIpc) is 2.58. The van der Waals surface area contributed by atoms with E-state index in [1.807, 2.05) is 30.3 Å². The van der Waals surface area contributed by atoms with E-state index in [4.69, 9.17) is 0 Å². The summed E-state index contributed by atoms with van der Waals surface area (Å²) < 4.78 is 0.